The molecular weight excluding hydrogens is 306 g/mol. The van der Waals surface area contributed by atoms with E-state index in [4.69, 9.17) is 0 Å². The standard InChI is InChI=1S/C13H17N5O3S/c1-22(20,21)16-7-4-11(8-16)9-18-13(19)17(10-15-18)12-2-5-14-6-3-12/h2-3,5-6,10-11H,4,7-9H2,1H3. The van der Waals surface area contributed by atoms with E-state index in [9.17, 15) is 13.2 Å². The fourth-order valence-electron chi connectivity index (χ4n) is 2.64. The minimum atomic E-state index is -3.16. The van der Waals surface area contributed by atoms with Crippen LogP contribution >= 0.6 is 0 Å². The molecule has 9 heteroatoms. The predicted molar refractivity (Wildman–Crippen MR) is 80.1 cm³/mol. The fraction of sp³-hybridized carbons (Fsp3) is 0.462. The maximum atomic E-state index is 12.3. The van der Waals surface area contributed by atoms with Crippen molar-refractivity contribution in [1.29, 1.82) is 0 Å². The van der Waals surface area contributed by atoms with Gasteiger partial charge in [-0.25, -0.2) is 26.8 Å². The van der Waals surface area contributed by atoms with Gasteiger partial charge >= 0.3 is 5.69 Å². The van der Waals surface area contributed by atoms with Crippen molar-refractivity contribution < 1.29 is 8.42 Å². The van der Waals surface area contributed by atoms with Gasteiger partial charge in [-0.1, -0.05) is 0 Å². The number of aromatic nitrogens is 4. The van der Waals surface area contributed by atoms with Gasteiger partial charge in [0, 0.05) is 25.5 Å². The summed E-state index contributed by atoms with van der Waals surface area (Å²) in [4.78, 5) is 16.3. The molecule has 8 nitrogen and oxygen atoms in total. The highest BCUT2D eigenvalue weighted by atomic mass is 32.2. The summed E-state index contributed by atoms with van der Waals surface area (Å²) in [6.07, 6.45) is 6.64. The Balaban J connectivity index is 1.76. The van der Waals surface area contributed by atoms with Gasteiger partial charge in [-0.3, -0.25) is 4.98 Å². The van der Waals surface area contributed by atoms with Crippen molar-refractivity contribution in [2.75, 3.05) is 19.3 Å². The lowest BCUT2D eigenvalue weighted by Crippen LogP contribution is -2.30. The van der Waals surface area contributed by atoms with Gasteiger partial charge in [0.2, 0.25) is 10.0 Å². The highest BCUT2D eigenvalue weighted by Gasteiger charge is 2.29. The van der Waals surface area contributed by atoms with E-state index in [1.54, 1.807) is 24.5 Å². The van der Waals surface area contributed by atoms with Gasteiger partial charge in [0.1, 0.15) is 6.33 Å². The average molecular weight is 323 g/mol. The molecule has 1 aliphatic heterocycles. The molecule has 22 heavy (non-hydrogen) atoms. The molecule has 2 aromatic heterocycles. The maximum Gasteiger partial charge on any atom is 0.350 e. The van der Waals surface area contributed by atoms with E-state index in [0.29, 0.717) is 25.3 Å². The van der Waals surface area contributed by atoms with Crippen LogP contribution in [0.4, 0.5) is 0 Å². The fourth-order valence-corrected chi connectivity index (χ4v) is 3.55. The number of nitrogens with zero attached hydrogens (tertiary/aromatic N) is 5. The quantitative estimate of drug-likeness (QED) is 0.771. The summed E-state index contributed by atoms with van der Waals surface area (Å²) >= 11 is 0. The minimum absolute atomic E-state index is 0.105. The molecule has 0 N–H and O–H groups in total. The Morgan fingerprint density at radius 1 is 1.32 bits per heavy atom. The molecule has 2 aromatic rings. The van der Waals surface area contributed by atoms with Crippen molar-refractivity contribution in [3.05, 3.63) is 41.3 Å². The number of sulfonamides is 1. The molecule has 0 aromatic carbocycles. The van der Waals surface area contributed by atoms with Crippen LogP contribution in [-0.4, -0.2) is 51.4 Å². The molecule has 3 rings (SSSR count). The van der Waals surface area contributed by atoms with Crippen molar-refractivity contribution in [3.63, 3.8) is 0 Å². The summed E-state index contributed by atoms with van der Waals surface area (Å²) in [6.45, 7) is 1.36. The van der Waals surface area contributed by atoms with Crippen LogP contribution in [0.2, 0.25) is 0 Å². The Morgan fingerprint density at radius 2 is 2.05 bits per heavy atom. The summed E-state index contributed by atoms with van der Waals surface area (Å²) in [5, 5.41) is 4.12. The van der Waals surface area contributed by atoms with Gasteiger partial charge in [0.15, 0.2) is 0 Å². The molecule has 0 saturated carbocycles. The van der Waals surface area contributed by atoms with Gasteiger partial charge in [-0.05, 0) is 24.5 Å². The molecule has 1 aliphatic rings. The zero-order chi connectivity index (χ0) is 15.7. The van der Waals surface area contributed by atoms with Crippen LogP contribution in [0, 0.1) is 5.92 Å². The van der Waals surface area contributed by atoms with Gasteiger partial charge in [0.05, 0.1) is 18.5 Å². The second-order valence-electron chi connectivity index (χ2n) is 5.45. The summed E-state index contributed by atoms with van der Waals surface area (Å²) in [6, 6.07) is 3.46. The first-order valence-electron chi connectivity index (χ1n) is 6.95. The molecule has 0 spiro atoms. The van der Waals surface area contributed by atoms with E-state index >= 15 is 0 Å². The summed E-state index contributed by atoms with van der Waals surface area (Å²) in [5.41, 5.74) is 0.472. The molecule has 1 atom stereocenters. The van der Waals surface area contributed by atoms with E-state index in [0.717, 1.165) is 6.42 Å². The van der Waals surface area contributed by atoms with Crippen LogP contribution in [0.3, 0.4) is 0 Å². The molecule has 0 bridgehead atoms. The lowest BCUT2D eigenvalue weighted by atomic mass is 10.1. The average Bonchev–Trinajstić information content (AvgIpc) is 3.08. The highest BCUT2D eigenvalue weighted by molar-refractivity contribution is 7.88. The lowest BCUT2D eigenvalue weighted by molar-refractivity contribution is 0.408. The van der Waals surface area contributed by atoms with Gasteiger partial charge in [0.25, 0.3) is 0 Å². The van der Waals surface area contributed by atoms with Crippen molar-refractivity contribution in [1.82, 2.24) is 23.6 Å². The van der Waals surface area contributed by atoms with Crippen LogP contribution in [0.15, 0.2) is 35.6 Å². The minimum Gasteiger partial charge on any atom is -0.265 e. The van der Waals surface area contributed by atoms with Crippen LogP contribution in [-0.2, 0) is 16.6 Å². The third-order valence-electron chi connectivity index (χ3n) is 3.82. The number of rotatable bonds is 4. The van der Waals surface area contributed by atoms with Crippen LogP contribution in [0.25, 0.3) is 5.69 Å². The Kier molecular flexibility index (Phi) is 3.83. The highest BCUT2D eigenvalue weighted by Crippen LogP contribution is 2.19. The van der Waals surface area contributed by atoms with Crippen molar-refractivity contribution in [2.24, 2.45) is 5.92 Å². The number of pyridine rings is 1. The van der Waals surface area contributed by atoms with Crippen molar-refractivity contribution in [2.45, 2.75) is 13.0 Å². The van der Waals surface area contributed by atoms with Crippen LogP contribution in [0.1, 0.15) is 6.42 Å². The third-order valence-corrected chi connectivity index (χ3v) is 5.09. The molecule has 0 aliphatic carbocycles. The first-order valence-corrected chi connectivity index (χ1v) is 8.80. The molecule has 0 amide bonds. The molecular formula is C13H17N5O3S. The van der Waals surface area contributed by atoms with E-state index in [2.05, 4.69) is 10.1 Å². The Hall–Kier alpha value is -2.00. The van der Waals surface area contributed by atoms with Crippen LogP contribution < -0.4 is 5.69 Å². The second-order valence-corrected chi connectivity index (χ2v) is 7.43. The van der Waals surface area contributed by atoms with Gasteiger partial charge in [-0.2, -0.15) is 5.10 Å². The largest absolute Gasteiger partial charge is 0.350 e. The molecule has 1 saturated heterocycles. The Morgan fingerprint density at radius 3 is 2.68 bits per heavy atom. The molecule has 118 valence electrons. The van der Waals surface area contributed by atoms with E-state index in [1.807, 2.05) is 0 Å². The number of hydrogen-bond acceptors (Lipinski definition) is 5. The summed E-state index contributed by atoms with van der Waals surface area (Å²) < 4.78 is 27.3. The van der Waals surface area contributed by atoms with Crippen molar-refractivity contribution >= 4 is 10.0 Å². The Bertz CT molecular complexity index is 812. The third kappa shape index (κ3) is 2.95. The molecule has 3 heterocycles. The predicted octanol–water partition coefficient (Wildman–Crippen LogP) is -0.289. The topological polar surface area (TPSA) is 90.1 Å². The summed E-state index contributed by atoms with van der Waals surface area (Å²) in [5.74, 6) is 0.105. The summed E-state index contributed by atoms with van der Waals surface area (Å²) in [7, 11) is -3.16. The monoisotopic (exact) mass is 323 g/mol. The zero-order valence-corrected chi connectivity index (χ0v) is 13.0. The molecule has 0 radical (unpaired) electrons. The van der Waals surface area contributed by atoms with E-state index in [1.165, 1.54) is 26.1 Å². The lowest BCUT2D eigenvalue weighted by Gasteiger charge is -2.12. The van der Waals surface area contributed by atoms with Crippen molar-refractivity contribution in [3.8, 4) is 5.69 Å². The molecule has 1 unspecified atom stereocenters. The normalized spacial score (nSPS) is 19.6. The Labute approximate surface area is 128 Å². The van der Waals surface area contributed by atoms with E-state index in [-0.39, 0.29) is 11.6 Å². The van der Waals surface area contributed by atoms with Crippen LogP contribution in [0.5, 0.6) is 0 Å². The van der Waals surface area contributed by atoms with Gasteiger partial charge in [-0.15, -0.1) is 0 Å². The van der Waals surface area contributed by atoms with E-state index < -0.39 is 10.0 Å². The SMILES string of the molecule is CS(=O)(=O)N1CCC(Cn2ncn(-c3ccncc3)c2=O)C1. The second kappa shape index (κ2) is 5.65. The zero-order valence-electron chi connectivity index (χ0n) is 12.2. The maximum absolute atomic E-state index is 12.3. The molecule has 1 fully saturated rings. The van der Waals surface area contributed by atoms with Gasteiger partial charge < -0.3 is 0 Å². The first-order chi connectivity index (χ1) is 10.4. The number of hydrogen-bond donors (Lipinski definition) is 0. The smallest absolute Gasteiger partial charge is 0.265 e. The first kappa shape index (κ1) is 14.9.